The number of nitrogens with one attached hydrogen (secondary N) is 2. The molecule has 0 saturated heterocycles. The normalized spacial score (nSPS) is 15.7. The first-order valence-corrected chi connectivity index (χ1v) is 14.4. The van der Waals surface area contributed by atoms with Crippen LogP contribution in [0.15, 0.2) is 48.8 Å². The van der Waals surface area contributed by atoms with Crippen molar-refractivity contribution in [3.05, 3.63) is 64.9 Å². The Hall–Kier alpha value is -3.50. The molecule has 3 amide bonds. The van der Waals surface area contributed by atoms with Crippen LogP contribution in [-0.2, 0) is 32.1 Å². The molecule has 41 heavy (non-hydrogen) atoms. The highest BCUT2D eigenvalue weighted by atomic mass is 35.5. The number of nitrogens with zero attached hydrogens (tertiary/aromatic N) is 2. The van der Waals surface area contributed by atoms with E-state index in [4.69, 9.17) is 16.3 Å². The Morgan fingerprint density at radius 2 is 1.90 bits per heavy atom. The summed E-state index contributed by atoms with van der Waals surface area (Å²) in [4.78, 5) is 55.9. The minimum absolute atomic E-state index is 0.0121. The van der Waals surface area contributed by atoms with Gasteiger partial charge in [0.2, 0.25) is 11.6 Å². The third kappa shape index (κ3) is 10.8. The highest BCUT2D eigenvalue weighted by molar-refractivity contribution is 6.30. The number of carbonyl (C=O) groups is 4. The van der Waals surface area contributed by atoms with Crippen molar-refractivity contribution < 1.29 is 29.0 Å². The molecule has 0 radical (unpaired) electrons. The first-order chi connectivity index (χ1) is 19.7. The molecule has 1 aromatic carbocycles. The molecule has 11 heteroatoms. The van der Waals surface area contributed by atoms with Gasteiger partial charge in [-0.3, -0.25) is 19.9 Å². The van der Waals surface area contributed by atoms with Crippen LogP contribution in [0.25, 0.3) is 0 Å². The Labute approximate surface area is 245 Å². The molecule has 1 fully saturated rings. The summed E-state index contributed by atoms with van der Waals surface area (Å²) >= 11 is 5.98. The average Bonchev–Trinajstić information content (AvgIpc) is 2.97. The van der Waals surface area contributed by atoms with Gasteiger partial charge in [-0.2, -0.15) is 0 Å². The zero-order chi connectivity index (χ0) is 29.7. The summed E-state index contributed by atoms with van der Waals surface area (Å²) in [7, 11) is 1.68. The molecule has 2 atom stereocenters. The zero-order valence-electron chi connectivity index (χ0n) is 23.4. The Morgan fingerprint density at radius 3 is 2.59 bits per heavy atom. The smallest absolute Gasteiger partial charge is 0.410 e. The topological polar surface area (TPSA) is 138 Å². The van der Waals surface area contributed by atoms with E-state index in [-0.39, 0.29) is 37.7 Å². The first kappa shape index (κ1) is 32.0. The molecule has 1 aliphatic rings. The fourth-order valence-corrected chi connectivity index (χ4v) is 5.11. The van der Waals surface area contributed by atoms with E-state index < -0.39 is 23.8 Å². The number of hydrogen-bond donors (Lipinski definition) is 3. The summed E-state index contributed by atoms with van der Waals surface area (Å²) < 4.78 is 5.24. The molecular weight excluding hydrogens is 548 g/mol. The second-order valence-corrected chi connectivity index (χ2v) is 11.0. The second-order valence-electron chi connectivity index (χ2n) is 10.6. The number of alkyl carbamates (subject to hydrolysis) is 1. The van der Waals surface area contributed by atoms with E-state index in [9.17, 15) is 24.3 Å². The third-order valence-corrected chi connectivity index (χ3v) is 7.55. The Morgan fingerprint density at radius 1 is 1.17 bits per heavy atom. The van der Waals surface area contributed by atoms with Crippen molar-refractivity contribution >= 4 is 35.8 Å². The zero-order valence-corrected chi connectivity index (χ0v) is 24.1. The number of carbonyl (C=O) groups excluding carboxylic acids is 4. The number of aldehydes is 1. The summed E-state index contributed by atoms with van der Waals surface area (Å²) in [6.45, 7) is 0.380. The number of ether oxygens (including phenoxy) is 1. The van der Waals surface area contributed by atoms with Gasteiger partial charge in [0.25, 0.3) is 5.91 Å². The van der Waals surface area contributed by atoms with E-state index in [0.29, 0.717) is 29.8 Å². The van der Waals surface area contributed by atoms with Crippen LogP contribution in [0, 0.1) is 5.92 Å². The lowest BCUT2D eigenvalue weighted by Crippen LogP contribution is -2.61. The van der Waals surface area contributed by atoms with Crippen molar-refractivity contribution in [2.75, 3.05) is 13.6 Å². The molecule has 0 aliphatic heterocycles. The predicted molar refractivity (Wildman–Crippen MR) is 154 cm³/mol. The van der Waals surface area contributed by atoms with Crippen LogP contribution in [0.1, 0.15) is 62.5 Å². The number of halogens is 1. The van der Waals surface area contributed by atoms with Gasteiger partial charge in [-0.05, 0) is 54.2 Å². The van der Waals surface area contributed by atoms with Gasteiger partial charge in [-0.15, -0.1) is 0 Å². The van der Waals surface area contributed by atoms with E-state index in [2.05, 4.69) is 15.6 Å². The van der Waals surface area contributed by atoms with Crippen molar-refractivity contribution in [1.29, 1.82) is 0 Å². The quantitative estimate of drug-likeness (QED) is 0.226. The van der Waals surface area contributed by atoms with Gasteiger partial charge >= 0.3 is 6.09 Å². The van der Waals surface area contributed by atoms with Crippen LogP contribution in [0.5, 0.6) is 0 Å². The van der Waals surface area contributed by atoms with Crippen molar-refractivity contribution in [2.45, 2.75) is 76.2 Å². The van der Waals surface area contributed by atoms with E-state index in [1.807, 2.05) is 12.1 Å². The molecule has 222 valence electrons. The molecule has 3 rings (SSSR count). The number of rotatable bonds is 14. The molecular formula is C30H39ClN4O6. The Kier molecular flexibility index (Phi) is 12.6. The molecule has 1 aliphatic carbocycles. The molecule has 3 N–H and O–H groups in total. The fraction of sp³-hybridized carbons (Fsp3) is 0.500. The molecule has 10 nitrogen and oxygen atoms in total. The maximum Gasteiger partial charge on any atom is 0.410 e. The number of amides is 3. The summed E-state index contributed by atoms with van der Waals surface area (Å²) in [5, 5.41) is 16.7. The van der Waals surface area contributed by atoms with Crippen molar-refractivity contribution in [1.82, 2.24) is 20.5 Å². The molecule has 0 bridgehead atoms. The third-order valence-electron chi connectivity index (χ3n) is 7.31. The maximum atomic E-state index is 13.3. The standard InChI is InChI=1S/C30H39ClN4O6/c1-35(17-14-22-12-15-32-16-13-22)27(37)11-10-26(20-36)33-28(38)30(40,19-23-6-3-2-4-7-23)34-29(39)41-21-24-8-5-9-25(31)18-24/h5,8-9,12-13,15-16,18,20,23,26,40H,2-4,6-7,10-11,14,17,19,21H2,1H3,(H,33,38)(H,34,39)/t26-,30?/m0/s1. The highest BCUT2D eigenvalue weighted by Gasteiger charge is 2.41. The minimum Gasteiger partial charge on any atom is -0.445 e. The molecule has 1 aromatic heterocycles. The van der Waals surface area contributed by atoms with Gasteiger partial charge in [0, 0.05) is 43.9 Å². The van der Waals surface area contributed by atoms with E-state index in [1.54, 1.807) is 48.6 Å². The van der Waals surface area contributed by atoms with E-state index in [0.717, 1.165) is 37.7 Å². The lowest BCUT2D eigenvalue weighted by atomic mass is 9.83. The average molecular weight is 587 g/mol. The molecule has 1 heterocycles. The second kappa shape index (κ2) is 16.1. The summed E-state index contributed by atoms with van der Waals surface area (Å²) in [5.41, 5.74) is -0.599. The number of pyridine rings is 1. The summed E-state index contributed by atoms with van der Waals surface area (Å²) in [6, 6.07) is 9.51. The maximum absolute atomic E-state index is 13.3. The van der Waals surface area contributed by atoms with Gasteiger partial charge in [0.1, 0.15) is 12.9 Å². The number of likely N-dealkylation sites (N-methyl/N-ethyl adjacent to an activating group) is 1. The lowest BCUT2D eigenvalue weighted by Gasteiger charge is -2.33. The number of aromatic nitrogens is 1. The van der Waals surface area contributed by atoms with Gasteiger partial charge in [0.15, 0.2) is 0 Å². The van der Waals surface area contributed by atoms with Crippen LogP contribution >= 0.6 is 11.6 Å². The van der Waals surface area contributed by atoms with Gasteiger partial charge < -0.3 is 24.9 Å². The number of benzene rings is 1. The first-order valence-electron chi connectivity index (χ1n) is 14.0. The fourth-order valence-electron chi connectivity index (χ4n) is 4.89. The Balaban J connectivity index is 1.57. The van der Waals surface area contributed by atoms with Gasteiger partial charge in [0.05, 0.1) is 6.04 Å². The SMILES string of the molecule is CN(CCc1ccncc1)C(=O)CC[C@@H](C=O)NC(=O)C(O)(CC1CCCCC1)NC(=O)OCc1cccc(Cl)c1. The number of aliphatic hydroxyl groups is 1. The van der Waals surface area contributed by atoms with Crippen LogP contribution in [0.2, 0.25) is 5.02 Å². The van der Waals surface area contributed by atoms with Crippen molar-refractivity contribution in [2.24, 2.45) is 5.92 Å². The number of hydrogen-bond acceptors (Lipinski definition) is 7. The monoisotopic (exact) mass is 586 g/mol. The van der Waals surface area contributed by atoms with Crippen molar-refractivity contribution in [3.63, 3.8) is 0 Å². The van der Waals surface area contributed by atoms with Crippen molar-refractivity contribution in [3.8, 4) is 0 Å². The van der Waals surface area contributed by atoms with Gasteiger partial charge in [-0.25, -0.2) is 4.79 Å². The summed E-state index contributed by atoms with van der Waals surface area (Å²) in [5.74, 6) is -1.09. The lowest BCUT2D eigenvalue weighted by molar-refractivity contribution is -0.147. The molecule has 0 spiro atoms. The molecule has 1 unspecified atom stereocenters. The van der Waals surface area contributed by atoms with Crippen LogP contribution in [0.4, 0.5) is 4.79 Å². The van der Waals surface area contributed by atoms with Gasteiger partial charge in [-0.1, -0.05) is 55.8 Å². The molecule has 2 aromatic rings. The molecule has 1 saturated carbocycles. The highest BCUT2D eigenvalue weighted by Crippen LogP contribution is 2.30. The van der Waals surface area contributed by atoms with E-state index >= 15 is 0 Å². The van der Waals surface area contributed by atoms with Crippen LogP contribution < -0.4 is 10.6 Å². The van der Waals surface area contributed by atoms with E-state index in [1.165, 1.54) is 0 Å². The predicted octanol–water partition coefficient (Wildman–Crippen LogP) is 3.79. The summed E-state index contributed by atoms with van der Waals surface area (Å²) in [6.07, 6.45) is 8.28. The Bertz CT molecular complexity index is 1160. The van der Waals surface area contributed by atoms with Crippen LogP contribution in [0.3, 0.4) is 0 Å². The largest absolute Gasteiger partial charge is 0.445 e. The minimum atomic E-state index is -2.29. The van der Waals surface area contributed by atoms with Crippen LogP contribution in [-0.4, -0.2) is 64.5 Å².